The highest BCUT2D eigenvalue weighted by atomic mass is 16.6. The average Bonchev–Trinajstić information content (AvgIpc) is 3.07. The van der Waals surface area contributed by atoms with Crippen molar-refractivity contribution in [2.75, 3.05) is 26.4 Å². The highest BCUT2D eigenvalue weighted by Gasteiger charge is 2.23. The molecule has 0 radical (unpaired) electrons. The second-order valence-corrected chi connectivity index (χ2v) is 4.46. The van der Waals surface area contributed by atoms with Gasteiger partial charge < -0.3 is 14.6 Å². The zero-order chi connectivity index (χ0) is 11.1. The Hall–Kier alpha value is -0.120. The highest BCUT2D eigenvalue weighted by Crippen LogP contribution is 2.19. The van der Waals surface area contributed by atoms with Crippen LogP contribution in [0.1, 0.15) is 33.1 Å². The first-order valence-electron chi connectivity index (χ1n) is 6.10. The Morgan fingerprint density at radius 1 is 1.33 bits per heavy atom. The summed E-state index contributed by atoms with van der Waals surface area (Å²) in [5.41, 5.74) is 0. The molecule has 1 rings (SSSR count). The van der Waals surface area contributed by atoms with Gasteiger partial charge in [0.05, 0.1) is 13.2 Å². The Labute approximate surface area is 92.8 Å². The second kappa shape index (κ2) is 7.20. The molecule has 3 atom stereocenters. The van der Waals surface area contributed by atoms with Gasteiger partial charge in [0.2, 0.25) is 0 Å². The van der Waals surface area contributed by atoms with Crippen molar-refractivity contribution in [3.8, 4) is 0 Å². The van der Waals surface area contributed by atoms with Crippen molar-refractivity contribution in [3.63, 3.8) is 0 Å². The smallest absolute Gasteiger partial charge is 0.104 e. The van der Waals surface area contributed by atoms with E-state index >= 15 is 0 Å². The van der Waals surface area contributed by atoms with Gasteiger partial charge in [0.15, 0.2) is 0 Å². The molecule has 0 aromatic heterocycles. The van der Waals surface area contributed by atoms with Gasteiger partial charge in [0.1, 0.15) is 6.10 Å². The topological polar surface area (TPSA) is 42.0 Å². The number of rotatable bonds is 9. The minimum atomic E-state index is 0.304. The molecule has 0 aromatic rings. The lowest BCUT2D eigenvalue weighted by Gasteiger charge is -2.19. The molecular weight excluding hydrogens is 192 g/mol. The third-order valence-corrected chi connectivity index (χ3v) is 3.14. The van der Waals surface area contributed by atoms with E-state index < -0.39 is 0 Å². The summed E-state index contributed by atoms with van der Waals surface area (Å²) in [7, 11) is 0. The molecule has 0 amide bonds. The molecule has 3 unspecified atom stereocenters. The lowest BCUT2D eigenvalue weighted by Crippen LogP contribution is -2.17. The fraction of sp³-hybridized carbons (Fsp3) is 1.00. The molecule has 0 saturated carbocycles. The zero-order valence-electron chi connectivity index (χ0n) is 9.95. The largest absolute Gasteiger partial charge is 0.396 e. The number of aliphatic hydroxyl groups excluding tert-OH is 1. The number of hydrogen-bond donors (Lipinski definition) is 1. The molecule has 1 N–H and O–H groups in total. The Balaban J connectivity index is 2.09. The quantitative estimate of drug-likeness (QED) is 0.598. The first kappa shape index (κ1) is 12.9. The molecule has 1 fully saturated rings. The molecule has 0 aliphatic carbocycles. The van der Waals surface area contributed by atoms with Gasteiger partial charge in [-0.25, -0.2) is 0 Å². The van der Waals surface area contributed by atoms with Gasteiger partial charge in [-0.3, -0.25) is 0 Å². The van der Waals surface area contributed by atoms with Crippen molar-refractivity contribution < 1.29 is 14.6 Å². The van der Waals surface area contributed by atoms with Crippen molar-refractivity contribution in [2.45, 2.75) is 39.2 Å². The zero-order valence-corrected chi connectivity index (χ0v) is 9.95. The van der Waals surface area contributed by atoms with Crippen LogP contribution in [0.2, 0.25) is 0 Å². The third kappa shape index (κ3) is 5.50. The fourth-order valence-electron chi connectivity index (χ4n) is 1.72. The predicted octanol–water partition coefficient (Wildman–Crippen LogP) is 1.84. The van der Waals surface area contributed by atoms with E-state index in [2.05, 4.69) is 13.8 Å². The fourth-order valence-corrected chi connectivity index (χ4v) is 1.72. The van der Waals surface area contributed by atoms with Crippen LogP contribution in [0.15, 0.2) is 0 Å². The van der Waals surface area contributed by atoms with Crippen molar-refractivity contribution in [2.24, 2.45) is 11.8 Å². The van der Waals surface area contributed by atoms with Gasteiger partial charge in [-0.15, -0.1) is 0 Å². The average molecular weight is 216 g/mol. The molecule has 0 aromatic carbocycles. The predicted molar refractivity (Wildman–Crippen MR) is 59.8 cm³/mol. The minimum absolute atomic E-state index is 0.304. The maximum atomic E-state index is 9.13. The van der Waals surface area contributed by atoms with E-state index in [1.807, 2.05) is 0 Å². The minimum Gasteiger partial charge on any atom is -0.396 e. The first-order valence-corrected chi connectivity index (χ1v) is 6.10. The second-order valence-electron chi connectivity index (χ2n) is 4.46. The van der Waals surface area contributed by atoms with Crippen LogP contribution in [0.25, 0.3) is 0 Å². The van der Waals surface area contributed by atoms with Crippen LogP contribution >= 0.6 is 0 Å². The maximum absolute atomic E-state index is 9.13. The molecular formula is C12H24O3. The monoisotopic (exact) mass is 216 g/mol. The molecule has 1 aliphatic rings. The molecule has 3 nitrogen and oxygen atoms in total. The van der Waals surface area contributed by atoms with Crippen LogP contribution in [0, 0.1) is 11.8 Å². The van der Waals surface area contributed by atoms with E-state index in [0.29, 0.717) is 24.5 Å². The summed E-state index contributed by atoms with van der Waals surface area (Å²) in [6.45, 7) is 7.04. The lowest BCUT2D eigenvalue weighted by molar-refractivity contribution is 0.0706. The summed E-state index contributed by atoms with van der Waals surface area (Å²) >= 11 is 0. The highest BCUT2D eigenvalue weighted by molar-refractivity contribution is 4.69. The van der Waals surface area contributed by atoms with Crippen LogP contribution in [0.4, 0.5) is 0 Å². The van der Waals surface area contributed by atoms with E-state index in [9.17, 15) is 0 Å². The van der Waals surface area contributed by atoms with Gasteiger partial charge in [-0.2, -0.15) is 0 Å². The molecule has 0 bridgehead atoms. The lowest BCUT2D eigenvalue weighted by atomic mass is 9.92. The van der Waals surface area contributed by atoms with E-state index in [1.165, 1.54) is 0 Å². The summed E-state index contributed by atoms with van der Waals surface area (Å²) in [4.78, 5) is 0. The molecule has 1 saturated heterocycles. The Morgan fingerprint density at radius 3 is 2.47 bits per heavy atom. The van der Waals surface area contributed by atoms with E-state index in [-0.39, 0.29) is 0 Å². The van der Waals surface area contributed by atoms with Crippen molar-refractivity contribution in [1.29, 1.82) is 0 Å². The number of ether oxygens (including phenoxy) is 2. The van der Waals surface area contributed by atoms with Crippen LogP contribution in [0.3, 0.4) is 0 Å². The van der Waals surface area contributed by atoms with Crippen molar-refractivity contribution in [1.82, 2.24) is 0 Å². The summed E-state index contributed by atoms with van der Waals surface area (Å²) in [6.07, 6.45) is 3.62. The standard InChI is InChI=1S/C12H24O3/c1-3-10(6-13)5-11(4-2)7-14-8-12-9-15-12/h10-13H,3-9H2,1-2H3. The first-order chi connectivity index (χ1) is 7.30. The summed E-state index contributed by atoms with van der Waals surface area (Å²) < 4.78 is 10.7. The van der Waals surface area contributed by atoms with E-state index in [1.54, 1.807) is 0 Å². The van der Waals surface area contributed by atoms with Gasteiger partial charge in [0.25, 0.3) is 0 Å². The Morgan fingerprint density at radius 2 is 2.00 bits per heavy atom. The molecule has 3 heteroatoms. The van der Waals surface area contributed by atoms with Gasteiger partial charge in [-0.05, 0) is 18.3 Å². The number of aliphatic hydroxyl groups is 1. The molecule has 1 heterocycles. The van der Waals surface area contributed by atoms with Crippen molar-refractivity contribution in [3.05, 3.63) is 0 Å². The summed E-state index contributed by atoms with van der Waals surface area (Å²) in [6, 6.07) is 0. The molecule has 90 valence electrons. The Bertz CT molecular complexity index is 153. The molecule has 1 aliphatic heterocycles. The van der Waals surface area contributed by atoms with Crippen molar-refractivity contribution >= 4 is 0 Å². The summed E-state index contributed by atoms with van der Waals surface area (Å²) in [5.74, 6) is 1.02. The third-order valence-electron chi connectivity index (χ3n) is 3.14. The van der Waals surface area contributed by atoms with Gasteiger partial charge in [-0.1, -0.05) is 26.7 Å². The van der Waals surface area contributed by atoms with Gasteiger partial charge >= 0.3 is 0 Å². The van der Waals surface area contributed by atoms with Crippen LogP contribution in [-0.4, -0.2) is 37.6 Å². The number of hydrogen-bond acceptors (Lipinski definition) is 3. The normalized spacial score (nSPS) is 23.8. The number of epoxide rings is 1. The maximum Gasteiger partial charge on any atom is 0.104 e. The van der Waals surface area contributed by atoms with Gasteiger partial charge in [0, 0.05) is 13.2 Å². The van der Waals surface area contributed by atoms with Crippen LogP contribution in [-0.2, 0) is 9.47 Å². The van der Waals surface area contributed by atoms with Crippen LogP contribution < -0.4 is 0 Å². The molecule has 15 heavy (non-hydrogen) atoms. The van der Waals surface area contributed by atoms with E-state index in [4.69, 9.17) is 14.6 Å². The Kier molecular flexibility index (Phi) is 6.22. The summed E-state index contributed by atoms with van der Waals surface area (Å²) in [5, 5.41) is 9.13. The van der Waals surface area contributed by atoms with E-state index in [0.717, 1.165) is 39.1 Å². The van der Waals surface area contributed by atoms with Crippen LogP contribution in [0.5, 0.6) is 0 Å². The molecule has 0 spiro atoms. The SMILES string of the molecule is CCC(CO)CC(CC)COCC1CO1.